The summed E-state index contributed by atoms with van der Waals surface area (Å²) in [4.78, 5) is 16.9. The smallest absolute Gasteiger partial charge is 0.179 e. The lowest BCUT2D eigenvalue weighted by Gasteiger charge is -2.04. The third-order valence-electron chi connectivity index (χ3n) is 2.32. The van der Waals surface area contributed by atoms with Gasteiger partial charge in [0.2, 0.25) is 0 Å². The van der Waals surface area contributed by atoms with Crippen molar-refractivity contribution in [3.63, 3.8) is 0 Å². The molecule has 2 rings (SSSR count). The van der Waals surface area contributed by atoms with Gasteiger partial charge in [-0.2, -0.15) is 0 Å². The van der Waals surface area contributed by atoms with E-state index in [1.54, 1.807) is 43.6 Å². The van der Waals surface area contributed by atoms with Crippen LogP contribution >= 0.6 is 11.8 Å². The molecule has 2 heterocycles. The van der Waals surface area contributed by atoms with Gasteiger partial charge in [-0.3, -0.25) is 9.56 Å². The lowest BCUT2D eigenvalue weighted by Crippen LogP contribution is -1.99. The van der Waals surface area contributed by atoms with Gasteiger partial charge in [-0.25, -0.2) is 15.0 Å². The van der Waals surface area contributed by atoms with E-state index in [1.807, 2.05) is 16.9 Å². The maximum atomic E-state index is 4.44. The molecule has 2 aromatic heterocycles. The van der Waals surface area contributed by atoms with Crippen molar-refractivity contribution < 1.29 is 0 Å². The van der Waals surface area contributed by atoms with E-state index in [0.717, 1.165) is 10.7 Å². The molecule has 0 aromatic carbocycles. The number of hydrogen-bond acceptors (Lipinski definition) is 5. The Morgan fingerprint density at radius 3 is 2.94 bits per heavy atom. The van der Waals surface area contributed by atoms with Crippen molar-refractivity contribution in [2.24, 2.45) is 4.99 Å². The van der Waals surface area contributed by atoms with Crippen LogP contribution < -0.4 is 0 Å². The van der Waals surface area contributed by atoms with Crippen LogP contribution in [0.15, 0.2) is 35.1 Å². The summed E-state index contributed by atoms with van der Waals surface area (Å²) in [6.07, 6.45) is 8.78. The van der Waals surface area contributed by atoms with Gasteiger partial charge in [0.15, 0.2) is 11.6 Å². The van der Waals surface area contributed by atoms with E-state index in [4.69, 9.17) is 0 Å². The molecule has 0 saturated carbocycles. The van der Waals surface area contributed by atoms with Crippen LogP contribution in [0.2, 0.25) is 0 Å². The maximum Gasteiger partial charge on any atom is 0.179 e. The molecule has 0 unspecified atom stereocenters. The summed E-state index contributed by atoms with van der Waals surface area (Å²) < 4.78 is 1.81. The Hall–Kier alpha value is -1.95. The monoisotopic (exact) mass is 259 g/mol. The average Bonchev–Trinajstić information content (AvgIpc) is 2.82. The standard InChI is InChI=1S/C12H13N5S/c1-4-17-9(7-15-10(17)8-13-2)12-14-6-5-11(16-12)18-3/h4-8H,1H2,2-3H3/b13-8-. The molecule has 0 saturated heterocycles. The van der Waals surface area contributed by atoms with Crippen molar-refractivity contribution >= 4 is 24.2 Å². The zero-order chi connectivity index (χ0) is 13.0. The summed E-state index contributed by atoms with van der Waals surface area (Å²) in [7, 11) is 1.70. The Morgan fingerprint density at radius 1 is 1.44 bits per heavy atom. The Bertz CT molecular complexity index is 588. The predicted molar refractivity (Wildman–Crippen MR) is 74.9 cm³/mol. The fraction of sp³-hybridized carbons (Fsp3) is 0.167. The number of nitrogens with zero attached hydrogens (tertiary/aromatic N) is 5. The van der Waals surface area contributed by atoms with Crippen LogP contribution in [0.25, 0.3) is 17.7 Å². The highest BCUT2D eigenvalue weighted by Gasteiger charge is 2.11. The van der Waals surface area contributed by atoms with Gasteiger partial charge in [0.1, 0.15) is 5.69 Å². The molecule has 18 heavy (non-hydrogen) atoms. The Kier molecular flexibility index (Phi) is 3.88. The van der Waals surface area contributed by atoms with Crippen molar-refractivity contribution in [3.8, 4) is 11.5 Å². The quantitative estimate of drug-likeness (QED) is 0.480. The number of aliphatic imine (C=N–C) groups is 1. The fourth-order valence-corrected chi connectivity index (χ4v) is 1.90. The van der Waals surface area contributed by atoms with Gasteiger partial charge in [-0.1, -0.05) is 6.58 Å². The van der Waals surface area contributed by atoms with E-state index in [0.29, 0.717) is 11.6 Å². The highest BCUT2D eigenvalue weighted by molar-refractivity contribution is 7.98. The van der Waals surface area contributed by atoms with Gasteiger partial charge in [-0.15, -0.1) is 11.8 Å². The lowest BCUT2D eigenvalue weighted by molar-refractivity contribution is 1.02. The Labute approximate surface area is 110 Å². The summed E-state index contributed by atoms with van der Waals surface area (Å²) >= 11 is 1.58. The number of hydrogen-bond donors (Lipinski definition) is 0. The van der Waals surface area contributed by atoms with E-state index < -0.39 is 0 Å². The van der Waals surface area contributed by atoms with Crippen LogP contribution in [0.3, 0.4) is 0 Å². The van der Waals surface area contributed by atoms with Crippen LogP contribution in [0.5, 0.6) is 0 Å². The molecule has 0 amide bonds. The Balaban J connectivity index is 2.53. The molecular weight excluding hydrogens is 246 g/mol. The molecular formula is C12H13N5S. The van der Waals surface area contributed by atoms with Crippen LogP contribution in [0.4, 0.5) is 0 Å². The second kappa shape index (κ2) is 5.59. The number of thioether (sulfide) groups is 1. The van der Waals surface area contributed by atoms with Gasteiger partial charge in [0.25, 0.3) is 0 Å². The average molecular weight is 259 g/mol. The SMILES string of the molecule is C=Cn1c(-c2nccc(SC)n2)cnc1/C=N\C. The summed E-state index contributed by atoms with van der Waals surface area (Å²) in [5.74, 6) is 1.34. The molecule has 5 nitrogen and oxygen atoms in total. The zero-order valence-corrected chi connectivity index (χ0v) is 11.1. The summed E-state index contributed by atoms with van der Waals surface area (Å²) in [5.41, 5.74) is 0.802. The van der Waals surface area contributed by atoms with Crippen LogP contribution in [0.1, 0.15) is 5.82 Å². The largest absolute Gasteiger partial charge is 0.296 e. The first-order valence-corrected chi connectivity index (χ1v) is 6.52. The van der Waals surface area contributed by atoms with Gasteiger partial charge in [0.05, 0.1) is 17.4 Å². The molecule has 0 spiro atoms. The molecule has 0 N–H and O–H groups in total. The van der Waals surface area contributed by atoms with E-state index in [1.165, 1.54) is 0 Å². The first kappa shape index (κ1) is 12.5. The molecule has 0 aliphatic rings. The first-order valence-electron chi connectivity index (χ1n) is 5.29. The summed E-state index contributed by atoms with van der Waals surface area (Å²) in [5, 5.41) is 0.919. The third kappa shape index (κ3) is 2.33. The predicted octanol–water partition coefficient (Wildman–Crippen LogP) is 2.21. The fourth-order valence-electron chi connectivity index (χ4n) is 1.52. The van der Waals surface area contributed by atoms with Gasteiger partial charge < -0.3 is 0 Å². The minimum atomic E-state index is 0.630. The second-order valence-corrected chi connectivity index (χ2v) is 4.19. The van der Waals surface area contributed by atoms with Crippen molar-refractivity contribution in [3.05, 3.63) is 30.9 Å². The van der Waals surface area contributed by atoms with Crippen molar-refractivity contribution in [2.45, 2.75) is 5.03 Å². The molecule has 0 bridgehead atoms. The highest BCUT2D eigenvalue weighted by atomic mass is 32.2. The number of imidazole rings is 1. The van der Waals surface area contributed by atoms with E-state index in [-0.39, 0.29) is 0 Å². The molecule has 6 heteroatoms. The molecule has 0 radical (unpaired) electrons. The third-order valence-corrected chi connectivity index (χ3v) is 2.97. The first-order chi connectivity index (χ1) is 8.80. The highest BCUT2D eigenvalue weighted by Crippen LogP contribution is 2.19. The van der Waals surface area contributed by atoms with Crippen molar-refractivity contribution in [1.82, 2.24) is 19.5 Å². The van der Waals surface area contributed by atoms with E-state index in [2.05, 4.69) is 26.5 Å². The summed E-state index contributed by atoms with van der Waals surface area (Å²) in [6, 6.07) is 1.87. The van der Waals surface area contributed by atoms with Gasteiger partial charge in [-0.05, 0) is 12.3 Å². The van der Waals surface area contributed by atoms with Crippen LogP contribution in [-0.4, -0.2) is 39.0 Å². The number of aromatic nitrogens is 4. The molecule has 0 aliphatic carbocycles. The normalized spacial score (nSPS) is 11.0. The zero-order valence-electron chi connectivity index (χ0n) is 10.2. The van der Waals surface area contributed by atoms with Crippen molar-refractivity contribution in [2.75, 3.05) is 13.3 Å². The molecule has 0 atom stereocenters. The van der Waals surface area contributed by atoms with Gasteiger partial charge in [0, 0.05) is 19.4 Å². The van der Waals surface area contributed by atoms with Gasteiger partial charge >= 0.3 is 0 Å². The molecule has 92 valence electrons. The Morgan fingerprint density at radius 2 is 2.28 bits per heavy atom. The minimum absolute atomic E-state index is 0.630. The van der Waals surface area contributed by atoms with E-state index in [9.17, 15) is 0 Å². The van der Waals surface area contributed by atoms with E-state index >= 15 is 0 Å². The molecule has 2 aromatic rings. The minimum Gasteiger partial charge on any atom is -0.296 e. The van der Waals surface area contributed by atoms with Crippen molar-refractivity contribution in [1.29, 1.82) is 0 Å². The summed E-state index contributed by atoms with van der Waals surface area (Å²) in [6.45, 7) is 3.78. The maximum absolute atomic E-state index is 4.44. The van der Waals surface area contributed by atoms with Crippen LogP contribution in [-0.2, 0) is 0 Å². The topological polar surface area (TPSA) is 56.0 Å². The van der Waals surface area contributed by atoms with Crippen LogP contribution in [0, 0.1) is 0 Å². The lowest BCUT2D eigenvalue weighted by atomic mass is 10.4. The second-order valence-electron chi connectivity index (χ2n) is 3.36. The molecule has 0 aliphatic heterocycles. The number of rotatable bonds is 4. The molecule has 0 fully saturated rings.